The summed E-state index contributed by atoms with van der Waals surface area (Å²) in [6.07, 6.45) is 6.90. The first-order valence-corrected chi connectivity index (χ1v) is 27.3. The highest BCUT2D eigenvalue weighted by Crippen LogP contribution is 2.39. The molecule has 83 heavy (non-hydrogen) atoms. The number of nitriles is 1. The molecule has 0 radical (unpaired) electrons. The number of hydrogen-bond acceptors (Lipinski definition) is 26. The molecule has 8 heterocycles. The lowest BCUT2D eigenvalue weighted by Crippen LogP contribution is -2.09. The third-order valence-corrected chi connectivity index (χ3v) is 14.2. The molecule has 0 aliphatic rings. The monoisotopic (exact) mass is 1220 g/mol. The number of amides is 1. The first kappa shape index (κ1) is 57.7. The van der Waals surface area contributed by atoms with Gasteiger partial charge in [-0.1, -0.05) is 30.1 Å². The Bertz CT molecular complexity index is 4490. The zero-order chi connectivity index (χ0) is 58.4. The van der Waals surface area contributed by atoms with E-state index in [0.717, 1.165) is 39.8 Å². The van der Waals surface area contributed by atoms with Gasteiger partial charge in [0.1, 0.15) is 17.6 Å². The van der Waals surface area contributed by atoms with Crippen LogP contribution < -0.4 is 5.32 Å². The second kappa shape index (κ2) is 27.0. The fourth-order valence-electron chi connectivity index (χ4n) is 6.61. The topological polar surface area (TPSA) is 336 Å². The number of aromatic hydroxyl groups is 4. The van der Waals surface area contributed by atoms with E-state index >= 15 is 0 Å². The minimum absolute atomic E-state index is 0.0213. The molecule has 8 aromatic heterocycles. The molecular weight excluding hydrogens is 1190 g/mol. The number of aromatic nitrogens is 8. The zero-order valence-corrected chi connectivity index (χ0v) is 46.6. The van der Waals surface area contributed by atoms with E-state index in [4.69, 9.17) is 33.6 Å². The summed E-state index contributed by atoms with van der Waals surface area (Å²) in [6.45, 7) is 1.71. The van der Waals surface area contributed by atoms with Crippen LogP contribution in [0.4, 0.5) is 57.2 Å². The highest BCUT2D eigenvalue weighted by Gasteiger charge is 2.14. The highest BCUT2D eigenvalue weighted by molar-refractivity contribution is 7.12. The number of phenols is 4. The SMILES string of the molecule is CCC(=O)Nc1cc(N=Nc2snc3ncccc23)cc(Cl)c1O.N#Cc1cc(N=Nc2snc3ncccc23)ccc1O.Oc1c(F)cc(N=Nc2snc3ncccc23)cc1F.Oc1ccc(N=Nc2snc3ncccc23)cc1Cl. The van der Waals surface area contributed by atoms with Gasteiger partial charge >= 0.3 is 0 Å². The predicted molar refractivity (Wildman–Crippen MR) is 312 cm³/mol. The molecule has 5 N–H and O–H groups in total. The molecule has 31 heteroatoms. The largest absolute Gasteiger partial charge is 0.507 e. The van der Waals surface area contributed by atoms with Gasteiger partial charge in [0, 0.05) is 43.3 Å². The minimum Gasteiger partial charge on any atom is -0.507 e. The standard InChI is InChI=1S/C15H12ClN5O2S.C13H7N5OS.C12H7ClN4OS.C12H6F2N4OS/c1-2-12(22)18-11-7-8(6-10(16)13(11)23)19-20-15-9-4-3-5-17-14(9)21-24-15;14-7-8-6-9(3-4-11(8)19)16-17-13-10-2-1-5-15-12(10)18-20-13;13-9-6-7(3-4-10(9)18)15-16-12-8-2-1-5-14-11(8)17-19-12;13-8-4-6(5-9(14)10(8)19)16-17-12-7-2-1-3-15-11(7)18-20-12/h3-7,23H,2H2,1H3,(H,18,22);1-6,19H;1-6,18H;1-5,19H. The van der Waals surface area contributed by atoms with Crippen molar-refractivity contribution in [3.63, 3.8) is 0 Å². The number of azo groups is 4. The van der Waals surface area contributed by atoms with Crippen LogP contribution in [-0.4, -0.2) is 63.8 Å². The average Bonchev–Trinajstić information content (AvgIpc) is 4.36. The Morgan fingerprint density at radius 3 is 1.31 bits per heavy atom. The molecule has 4 aromatic carbocycles. The highest BCUT2D eigenvalue weighted by atomic mass is 35.5. The van der Waals surface area contributed by atoms with Gasteiger partial charge in [-0.3, -0.25) is 4.79 Å². The van der Waals surface area contributed by atoms with Crippen molar-refractivity contribution in [1.29, 1.82) is 5.26 Å². The van der Waals surface area contributed by atoms with E-state index in [1.165, 1.54) is 64.9 Å². The normalized spacial score (nSPS) is 11.3. The lowest BCUT2D eigenvalue weighted by Gasteiger charge is -2.08. The number of nitrogens with one attached hydrogen (secondary N) is 1. The van der Waals surface area contributed by atoms with Gasteiger partial charge in [-0.2, -0.15) is 22.8 Å². The third-order valence-electron chi connectivity index (χ3n) is 10.6. The van der Waals surface area contributed by atoms with Crippen molar-refractivity contribution in [1.82, 2.24) is 37.4 Å². The maximum Gasteiger partial charge on any atom is 0.224 e. The summed E-state index contributed by atoms with van der Waals surface area (Å²) in [6, 6.07) is 30.3. The minimum atomic E-state index is -1.09. The number of halogens is 4. The van der Waals surface area contributed by atoms with E-state index < -0.39 is 17.4 Å². The lowest BCUT2D eigenvalue weighted by molar-refractivity contribution is -0.115. The number of pyridine rings is 4. The van der Waals surface area contributed by atoms with Crippen molar-refractivity contribution in [2.45, 2.75) is 13.3 Å². The van der Waals surface area contributed by atoms with Gasteiger partial charge in [0.05, 0.1) is 65.6 Å². The van der Waals surface area contributed by atoms with Gasteiger partial charge in [0.2, 0.25) is 5.91 Å². The summed E-state index contributed by atoms with van der Waals surface area (Å²) < 4.78 is 42.9. The molecule has 0 fully saturated rings. The number of benzene rings is 4. The van der Waals surface area contributed by atoms with Crippen LogP contribution in [0.1, 0.15) is 18.9 Å². The fourth-order valence-corrected chi connectivity index (χ4v) is 9.61. The summed E-state index contributed by atoms with van der Waals surface area (Å²) in [5.74, 6) is -3.70. The van der Waals surface area contributed by atoms with Crippen LogP contribution in [0.3, 0.4) is 0 Å². The van der Waals surface area contributed by atoms with E-state index in [0.29, 0.717) is 65.0 Å². The van der Waals surface area contributed by atoms with E-state index in [9.17, 15) is 28.9 Å². The summed E-state index contributed by atoms with van der Waals surface area (Å²) in [5.41, 5.74) is 4.21. The fraction of sp³-hybridized carbons (Fsp3) is 0.0385. The zero-order valence-electron chi connectivity index (χ0n) is 41.9. The second-order valence-corrected chi connectivity index (χ2v) is 20.0. The third kappa shape index (κ3) is 14.5. The Labute approximate surface area is 491 Å². The predicted octanol–water partition coefficient (Wildman–Crippen LogP) is 17.1. The van der Waals surface area contributed by atoms with E-state index in [2.05, 4.69) is 83.7 Å². The number of anilines is 1. The molecule has 0 aliphatic carbocycles. The number of phenolic OH excluding ortho intramolecular Hbond substituents is 4. The molecule has 1 amide bonds. The van der Waals surface area contributed by atoms with Gasteiger partial charge in [-0.25, -0.2) is 28.7 Å². The van der Waals surface area contributed by atoms with Crippen LogP contribution >= 0.6 is 69.3 Å². The molecule has 0 unspecified atom stereocenters. The van der Waals surface area contributed by atoms with Crippen molar-refractivity contribution >= 4 is 168 Å². The summed E-state index contributed by atoms with van der Waals surface area (Å²) in [7, 11) is 0. The van der Waals surface area contributed by atoms with Crippen LogP contribution in [0, 0.1) is 23.0 Å². The molecule has 0 saturated carbocycles. The van der Waals surface area contributed by atoms with Crippen molar-refractivity contribution in [2.24, 2.45) is 40.9 Å². The smallest absolute Gasteiger partial charge is 0.224 e. The number of hydrogen-bond donors (Lipinski definition) is 5. The molecule has 0 bridgehead atoms. The van der Waals surface area contributed by atoms with Crippen molar-refractivity contribution in [3.05, 3.63) is 161 Å². The van der Waals surface area contributed by atoms with E-state index in [1.807, 2.05) is 36.4 Å². The maximum atomic E-state index is 13.1. The Kier molecular flexibility index (Phi) is 18.8. The van der Waals surface area contributed by atoms with Crippen LogP contribution in [0.15, 0.2) is 175 Å². The number of carbonyl (C=O) groups excluding carboxylic acids is 1. The van der Waals surface area contributed by atoms with Gasteiger partial charge in [-0.15, -0.1) is 40.9 Å². The molecule has 0 aliphatic heterocycles. The molecule has 12 aromatic rings. The molecular formula is C52H32Cl2F2N18O5S4. The summed E-state index contributed by atoms with van der Waals surface area (Å²) in [4.78, 5) is 27.9. The Hall–Kier alpha value is -9.96. The van der Waals surface area contributed by atoms with Crippen molar-refractivity contribution in [2.75, 3.05) is 5.32 Å². The molecule has 412 valence electrons. The van der Waals surface area contributed by atoms with E-state index in [1.54, 1.807) is 68.1 Å². The van der Waals surface area contributed by atoms with E-state index in [-0.39, 0.29) is 56.6 Å². The number of rotatable bonds is 10. The van der Waals surface area contributed by atoms with Crippen molar-refractivity contribution < 1.29 is 34.0 Å². The van der Waals surface area contributed by atoms with Gasteiger partial charge in [0.25, 0.3) is 0 Å². The van der Waals surface area contributed by atoms with Crippen molar-refractivity contribution in [3.8, 4) is 29.1 Å². The lowest BCUT2D eigenvalue weighted by atomic mass is 10.2. The second-order valence-electron chi connectivity index (χ2n) is 16.2. The first-order valence-electron chi connectivity index (χ1n) is 23.5. The van der Waals surface area contributed by atoms with Gasteiger partial charge in [-0.05, 0) is 143 Å². The quantitative estimate of drug-likeness (QED) is 0.0628. The molecule has 0 spiro atoms. The Morgan fingerprint density at radius 1 is 0.518 bits per heavy atom. The number of fused-ring (bicyclic) bond motifs is 4. The number of carbonyl (C=O) groups is 1. The average molecular weight is 1230 g/mol. The summed E-state index contributed by atoms with van der Waals surface area (Å²) >= 11 is 16.5. The molecule has 0 saturated heterocycles. The molecule has 0 atom stereocenters. The number of nitrogens with zero attached hydrogens (tertiary/aromatic N) is 17. The molecule has 12 rings (SSSR count). The van der Waals surface area contributed by atoms with Gasteiger partial charge < -0.3 is 25.7 Å². The first-order chi connectivity index (χ1) is 40.2. The Balaban J connectivity index is 0.000000134. The van der Waals surface area contributed by atoms with Crippen LogP contribution in [0.2, 0.25) is 10.0 Å². The van der Waals surface area contributed by atoms with Gasteiger partial charge in [0.15, 0.2) is 65.7 Å². The van der Waals surface area contributed by atoms with Crippen LogP contribution in [0.5, 0.6) is 23.0 Å². The Morgan fingerprint density at radius 2 is 0.904 bits per heavy atom. The maximum absolute atomic E-state index is 13.1. The molecule has 23 nitrogen and oxygen atoms in total. The van der Waals surface area contributed by atoms with Crippen LogP contribution in [0.25, 0.3) is 44.1 Å². The summed E-state index contributed by atoms with van der Waals surface area (Å²) in [5, 5.41) is 87.3. The van der Waals surface area contributed by atoms with Crippen LogP contribution in [-0.2, 0) is 4.79 Å².